The van der Waals surface area contributed by atoms with Crippen LogP contribution in [-0.2, 0) is 17.8 Å². The van der Waals surface area contributed by atoms with Crippen LogP contribution in [0.25, 0.3) is 0 Å². The van der Waals surface area contributed by atoms with E-state index in [0.717, 1.165) is 0 Å². The Kier molecular flexibility index (Phi) is 2.82. The predicted molar refractivity (Wildman–Crippen MR) is 42.2 cm³/mol. The fourth-order valence-corrected chi connectivity index (χ4v) is 0.788. The molecule has 1 aromatic rings. The Hall–Kier alpha value is -1.36. The Morgan fingerprint density at radius 2 is 2.58 bits per heavy atom. The lowest BCUT2D eigenvalue weighted by Gasteiger charge is -1.92. The topological polar surface area (TPSA) is 81.2 Å². The molecule has 0 aliphatic heterocycles. The monoisotopic (exact) mass is 169 g/mol. The predicted octanol–water partition coefficient (Wildman–Crippen LogP) is -0.578. The van der Waals surface area contributed by atoms with E-state index in [4.69, 9.17) is 10.3 Å². The van der Waals surface area contributed by atoms with Gasteiger partial charge in [-0.05, 0) is 0 Å². The smallest absolute Gasteiger partial charge is 0.225 e. The highest BCUT2D eigenvalue weighted by atomic mass is 16.5. The van der Waals surface area contributed by atoms with E-state index in [1.807, 2.05) is 0 Å². The van der Waals surface area contributed by atoms with Gasteiger partial charge in [0.2, 0.25) is 5.91 Å². The maximum Gasteiger partial charge on any atom is 0.225 e. The third-order valence-electron chi connectivity index (χ3n) is 1.43. The normalized spacial score (nSPS) is 9.83. The molecule has 1 heterocycles. The van der Waals surface area contributed by atoms with Crippen LogP contribution in [0.1, 0.15) is 11.5 Å². The molecule has 0 unspecified atom stereocenters. The molecule has 1 aromatic heterocycles. The molecule has 3 N–H and O–H groups in total. The molecule has 1 rings (SSSR count). The van der Waals surface area contributed by atoms with E-state index in [-0.39, 0.29) is 12.3 Å². The van der Waals surface area contributed by atoms with Crippen molar-refractivity contribution < 1.29 is 9.32 Å². The van der Waals surface area contributed by atoms with Gasteiger partial charge in [-0.3, -0.25) is 4.79 Å². The molecule has 0 saturated heterocycles. The number of carbonyl (C=O) groups is 1. The number of nitrogens with zero attached hydrogens (tertiary/aromatic N) is 1. The number of aromatic nitrogens is 1. The maximum atomic E-state index is 10.9. The molecule has 0 fully saturated rings. The Bertz CT molecular complexity index is 269. The van der Waals surface area contributed by atoms with Crippen molar-refractivity contribution in [2.75, 3.05) is 7.05 Å². The Labute approximate surface area is 69.9 Å². The van der Waals surface area contributed by atoms with Gasteiger partial charge in [0, 0.05) is 13.1 Å². The van der Waals surface area contributed by atoms with Crippen LogP contribution in [0, 0.1) is 0 Å². The molecule has 0 atom stereocenters. The zero-order valence-electron chi connectivity index (χ0n) is 6.83. The summed E-state index contributed by atoms with van der Waals surface area (Å²) in [6.07, 6.45) is 0.236. The third kappa shape index (κ3) is 2.06. The summed E-state index contributed by atoms with van der Waals surface area (Å²) in [6, 6.07) is 1.68. The van der Waals surface area contributed by atoms with E-state index in [1.54, 1.807) is 13.1 Å². The molecule has 0 aliphatic rings. The Morgan fingerprint density at radius 1 is 1.83 bits per heavy atom. The molecule has 12 heavy (non-hydrogen) atoms. The Balaban J connectivity index is 2.58. The number of amides is 1. The maximum absolute atomic E-state index is 10.9. The molecule has 0 spiro atoms. The summed E-state index contributed by atoms with van der Waals surface area (Å²) in [5.41, 5.74) is 5.90. The lowest BCUT2D eigenvalue weighted by Crippen LogP contribution is -2.19. The zero-order valence-corrected chi connectivity index (χ0v) is 6.83. The number of hydrogen-bond donors (Lipinski definition) is 2. The Morgan fingerprint density at radius 3 is 3.08 bits per heavy atom. The number of hydrogen-bond acceptors (Lipinski definition) is 4. The van der Waals surface area contributed by atoms with E-state index >= 15 is 0 Å². The second-order valence-electron chi connectivity index (χ2n) is 2.34. The molecule has 1 amide bonds. The average molecular weight is 169 g/mol. The van der Waals surface area contributed by atoms with Gasteiger partial charge in [0.25, 0.3) is 0 Å². The fraction of sp³-hybridized carbons (Fsp3) is 0.429. The summed E-state index contributed by atoms with van der Waals surface area (Å²) < 4.78 is 4.80. The van der Waals surface area contributed by atoms with Gasteiger partial charge in [0.05, 0.1) is 18.7 Å². The SMILES string of the molecule is CNC(=O)Cc1cc(CN)on1. The molecular weight excluding hydrogens is 158 g/mol. The van der Waals surface area contributed by atoms with Crippen molar-refractivity contribution in [3.63, 3.8) is 0 Å². The molecule has 5 heteroatoms. The largest absolute Gasteiger partial charge is 0.360 e. The molecule has 0 saturated carbocycles. The highest BCUT2D eigenvalue weighted by Gasteiger charge is 2.06. The lowest BCUT2D eigenvalue weighted by atomic mass is 10.3. The molecule has 0 aliphatic carbocycles. The second kappa shape index (κ2) is 3.87. The zero-order chi connectivity index (χ0) is 8.97. The minimum absolute atomic E-state index is 0.0909. The molecular formula is C7H11N3O2. The highest BCUT2D eigenvalue weighted by molar-refractivity contribution is 5.77. The lowest BCUT2D eigenvalue weighted by molar-refractivity contribution is -0.120. The van der Waals surface area contributed by atoms with Crippen LogP contribution in [0.2, 0.25) is 0 Å². The van der Waals surface area contributed by atoms with Crippen molar-refractivity contribution in [1.29, 1.82) is 0 Å². The van der Waals surface area contributed by atoms with Crippen molar-refractivity contribution in [1.82, 2.24) is 10.5 Å². The van der Waals surface area contributed by atoms with Crippen LogP contribution in [0.15, 0.2) is 10.6 Å². The summed E-state index contributed by atoms with van der Waals surface area (Å²) in [4.78, 5) is 10.9. The average Bonchev–Trinajstić information content (AvgIpc) is 2.52. The first-order valence-electron chi connectivity index (χ1n) is 3.61. The number of carbonyl (C=O) groups excluding carboxylic acids is 1. The number of likely N-dealkylation sites (N-methyl/N-ethyl adjacent to an activating group) is 1. The second-order valence-corrected chi connectivity index (χ2v) is 2.34. The summed E-state index contributed by atoms with van der Waals surface area (Å²) in [5.74, 6) is 0.501. The van der Waals surface area contributed by atoms with Gasteiger partial charge in [-0.15, -0.1) is 0 Å². The van der Waals surface area contributed by atoms with Gasteiger partial charge >= 0.3 is 0 Å². The van der Waals surface area contributed by atoms with Crippen LogP contribution >= 0.6 is 0 Å². The van der Waals surface area contributed by atoms with Crippen molar-refractivity contribution >= 4 is 5.91 Å². The molecule has 0 bridgehead atoms. The summed E-state index contributed by atoms with van der Waals surface area (Å²) in [6.45, 7) is 0.306. The first-order valence-corrected chi connectivity index (χ1v) is 3.61. The minimum Gasteiger partial charge on any atom is -0.360 e. The van der Waals surface area contributed by atoms with E-state index in [9.17, 15) is 4.79 Å². The van der Waals surface area contributed by atoms with E-state index in [1.165, 1.54) is 0 Å². The minimum atomic E-state index is -0.0909. The number of rotatable bonds is 3. The van der Waals surface area contributed by atoms with E-state index in [2.05, 4.69) is 10.5 Å². The van der Waals surface area contributed by atoms with Gasteiger partial charge < -0.3 is 15.6 Å². The van der Waals surface area contributed by atoms with Crippen molar-refractivity contribution in [3.8, 4) is 0 Å². The van der Waals surface area contributed by atoms with Crippen molar-refractivity contribution in [2.45, 2.75) is 13.0 Å². The van der Waals surface area contributed by atoms with Crippen LogP contribution in [-0.4, -0.2) is 18.1 Å². The summed E-state index contributed by atoms with van der Waals surface area (Å²) in [5, 5.41) is 6.15. The number of nitrogens with one attached hydrogen (secondary N) is 1. The van der Waals surface area contributed by atoms with E-state index < -0.39 is 0 Å². The van der Waals surface area contributed by atoms with Crippen LogP contribution in [0.5, 0.6) is 0 Å². The van der Waals surface area contributed by atoms with Crippen molar-refractivity contribution in [3.05, 3.63) is 17.5 Å². The van der Waals surface area contributed by atoms with Gasteiger partial charge in [-0.2, -0.15) is 0 Å². The fourth-order valence-electron chi connectivity index (χ4n) is 0.788. The molecule has 0 radical (unpaired) electrons. The van der Waals surface area contributed by atoms with Gasteiger partial charge in [0.1, 0.15) is 0 Å². The van der Waals surface area contributed by atoms with Gasteiger partial charge in [0.15, 0.2) is 5.76 Å². The first-order chi connectivity index (χ1) is 5.76. The standard InChI is InChI=1S/C7H11N3O2/c1-9-7(11)3-5-2-6(4-8)12-10-5/h2H,3-4,8H2,1H3,(H,9,11). The summed E-state index contributed by atoms with van der Waals surface area (Å²) >= 11 is 0. The summed E-state index contributed by atoms with van der Waals surface area (Å²) in [7, 11) is 1.58. The molecule has 5 nitrogen and oxygen atoms in total. The molecule has 66 valence electrons. The third-order valence-corrected chi connectivity index (χ3v) is 1.43. The van der Waals surface area contributed by atoms with E-state index in [0.29, 0.717) is 18.0 Å². The van der Waals surface area contributed by atoms with Crippen molar-refractivity contribution in [2.24, 2.45) is 5.73 Å². The first kappa shape index (κ1) is 8.73. The van der Waals surface area contributed by atoms with Gasteiger partial charge in [-0.1, -0.05) is 5.16 Å². The highest BCUT2D eigenvalue weighted by Crippen LogP contribution is 2.02. The quantitative estimate of drug-likeness (QED) is 0.634. The number of nitrogens with two attached hydrogens (primary N) is 1. The van der Waals surface area contributed by atoms with Crippen LogP contribution in [0.4, 0.5) is 0 Å². The van der Waals surface area contributed by atoms with Gasteiger partial charge in [-0.25, -0.2) is 0 Å². The molecule has 0 aromatic carbocycles. The van der Waals surface area contributed by atoms with Crippen LogP contribution in [0.3, 0.4) is 0 Å². The van der Waals surface area contributed by atoms with Crippen LogP contribution < -0.4 is 11.1 Å².